The third kappa shape index (κ3) is 2.74. The van der Waals surface area contributed by atoms with Crippen LogP contribution in [0.1, 0.15) is 17.0 Å². The Morgan fingerprint density at radius 2 is 2.11 bits per heavy atom. The predicted octanol–water partition coefficient (Wildman–Crippen LogP) is 1.97. The highest BCUT2D eigenvalue weighted by atomic mass is 16.3. The molecular weight excluding hydrogens is 228 g/mol. The molecular formula is C13H12N4O. The predicted molar refractivity (Wildman–Crippen MR) is 66.9 cm³/mol. The Morgan fingerprint density at radius 3 is 2.83 bits per heavy atom. The molecule has 1 aromatic carbocycles. The second kappa shape index (κ2) is 5.15. The van der Waals surface area contributed by atoms with Crippen molar-refractivity contribution in [2.75, 3.05) is 5.32 Å². The van der Waals surface area contributed by atoms with E-state index in [-0.39, 0.29) is 5.75 Å². The SMILES string of the molecule is Cc1cc(C#N)nc(NCc2ccccc2O)n1. The molecule has 1 heterocycles. The Labute approximate surface area is 105 Å². The van der Waals surface area contributed by atoms with Crippen molar-refractivity contribution in [1.82, 2.24) is 9.97 Å². The zero-order valence-electron chi connectivity index (χ0n) is 9.88. The topological polar surface area (TPSA) is 81.8 Å². The summed E-state index contributed by atoms with van der Waals surface area (Å²) in [5.41, 5.74) is 1.80. The number of anilines is 1. The van der Waals surface area contributed by atoms with Crippen LogP contribution in [0, 0.1) is 18.3 Å². The fourth-order valence-corrected chi connectivity index (χ4v) is 1.54. The molecule has 0 saturated heterocycles. The molecule has 0 aliphatic rings. The first-order chi connectivity index (χ1) is 8.69. The van der Waals surface area contributed by atoms with Crippen molar-refractivity contribution in [3.8, 4) is 11.8 Å². The number of rotatable bonds is 3. The molecule has 0 bridgehead atoms. The maximum atomic E-state index is 9.61. The van der Waals surface area contributed by atoms with Crippen LogP contribution >= 0.6 is 0 Å². The van der Waals surface area contributed by atoms with Crippen LogP contribution in [0.2, 0.25) is 0 Å². The molecule has 0 spiro atoms. The van der Waals surface area contributed by atoms with Gasteiger partial charge in [0.1, 0.15) is 17.5 Å². The summed E-state index contributed by atoms with van der Waals surface area (Å²) in [5, 5.41) is 21.4. The van der Waals surface area contributed by atoms with Crippen molar-refractivity contribution in [2.45, 2.75) is 13.5 Å². The van der Waals surface area contributed by atoms with Crippen molar-refractivity contribution < 1.29 is 5.11 Å². The van der Waals surface area contributed by atoms with Crippen LogP contribution in [-0.4, -0.2) is 15.1 Å². The van der Waals surface area contributed by atoms with Crippen LogP contribution in [-0.2, 0) is 6.54 Å². The zero-order chi connectivity index (χ0) is 13.0. The van der Waals surface area contributed by atoms with Crippen molar-refractivity contribution in [1.29, 1.82) is 5.26 Å². The lowest BCUT2D eigenvalue weighted by Crippen LogP contribution is -2.05. The van der Waals surface area contributed by atoms with Gasteiger partial charge in [-0.2, -0.15) is 5.26 Å². The lowest BCUT2D eigenvalue weighted by molar-refractivity contribution is 0.469. The number of nitriles is 1. The number of aromatic hydroxyl groups is 1. The van der Waals surface area contributed by atoms with Crippen LogP contribution in [0.15, 0.2) is 30.3 Å². The van der Waals surface area contributed by atoms with Crippen molar-refractivity contribution in [3.05, 3.63) is 47.3 Å². The van der Waals surface area contributed by atoms with Gasteiger partial charge in [-0.05, 0) is 19.1 Å². The summed E-state index contributed by atoms with van der Waals surface area (Å²) in [6.07, 6.45) is 0. The number of para-hydroxylation sites is 1. The van der Waals surface area contributed by atoms with E-state index in [0.717, 1.165) is 11.3 Å². The minimum Gasteiger partial charge on any atom is -0.508 e. The van der Waals surface area contributed by atoms with E-state index in [9.17, 15) is 5.11 Å². The van der Waals surface area contributed by atoms with E-state index < -0.39 is 0 Å². The summed E-state index contributed by atoms with van der Waals surface area (Å²) < 4.78 is 0. The Morgan fingerprint density at radius 1 is 1.33 bits per heavy atom. The van der Waals surface area contributed by atoms with Gasteiger partial charge in [-0.25, -0.2) is 9.97 Å². The van der Waals surface area contributed by atoms with Gasteiger partial charge >= 0.3 is 0 Å². The molecule has 0 saturated carbocycles. The number of aryl methyl sites for hydroxylation is 1. The average molecular weight is 240 g/mol. The minimum atomic E-state index is 0.221. The van der Waals surface area contributed by atoms with E-state index in [0.29, 0.717) is 18.2 Å². The third-order valence-electron chi connectivity index (χ3n) is 2.40. The van der Waals surface area contributed by atoms with Crippen LogP contribution < -0.4 is 5.32 Å². The number of phenolic OH excluding ortho intramolecular Hbond substituents is 1. The fourth-order valence-electron chi connectivity index (χ4n) is 1.54. The minimum absolute atomic E-state index is 0.221. The monoisotopic (exact) mass is 240 g/mol. The maximum Gasteiger partial charge on any atom is 0.224 e. The quantitative estimate of drug-likeness (QED) is 0.857. The van der Waals surface area contributed by atoms with Gasteiger partial charge in [0.05, 0.1) is 0 Å². The number of phenols is 1. The van der Waals surface area contributed by atoms with Crippen molar-refractivity contribution in [3.63, 3.8) is 0 Å². The van der Waals surface area contributed by atoms with Gasteiger partial charge in [-0.1, -0.05) is 18.2 Å². The van der Waals surface area contributed by atoms with Crippen molar-refractivity contribution >= 4 is 5.95 Å². The molecule has 0 unspecified atom stereocenters. The molecule has 0 aliphatic carbocycles. The van der Waals surface area contributed by atoms with E-state index >= 15 is 0 Å². The highest BCUT2D eigenvalue weighted by molar-refractivity contribution is 5.37. The van der Waals surface area contributed by atoms with Gasteiger partial charge in [0, 0.05) is 17.8 Å². The molecule has 0 aliphatic heterocycles. The number of benzene rings is 1. The van der Waals surface area contributed by atoms with Crippen LogP contribution in [0.4, 0.5) is 5.95 Å². The number of aromatic nitrogens is 2. The van der Waals surface area contributed by atoms with Gasteiger partial charge < -0.3 is 10.4 Å². The second-order valence-corrected chi connectivity index (χ2v) is 3.81. The molecule has 0 fully saturated rings. The largest absolute Gasteiger partial charge is 0.508 e. The molecule has 90 valence electrons. The molecule has 5 nitrogen and oxygen atoms in total. The molecule has 2 N–H and O–H groups in total. The summed E-state index contributed by atoms with van der Waals surface area (Å²) in [6.45, 7) is 2.20. The van der Waals surface area contributed by atoms with Crippen molar-refractivity contribution in [2.24, 2.45) is 0 Å². The standard InChI is InChI=1S/C13H12N4O/c1-9-6-11(7-14)17-13(16-9)15-8-10-4-2-3-5-12(10)18/h2-6,18H,8H2,1H3,(H,15,16,17). The fraction of sp³-hybridized carbons (Fsp3) is 0.154. The first-order valence-electron chi connectivity index (χ1n) is 5.45. The van der Waals surface area contributed by atoms with Crippen LogP contribution in [0.25, 0.3) is 0 Å². The summed E-state index contributed by atoms with van der Waals surface area (Å²) in [4.78, 5) is 8.20. The van der Waals surface area contributed by atoms with Gasteiger partial charge in [0.15, 0.2) is 0 Å². The Kier molecular flexibility index (Phi) is 3.39. The summed E-state index contributed by atoms with van der Waals surface area (Å²) in [6, 6.07) is 10.6. The molecule has 18 heavy (non-hydrogen) atoms. The molecule has 5 heteroatoms. The average Bonchev–Trinajstić information content (AvgIpc) is 2.37. The molecule has 0 amide bonds. The molecule has 2 rings (SSSR count). The highest BCUT2D eigenvalue weighted by Crippen LogP contribution is 2.16. The van der Waals surface area contributed by atoms with E-state index in [1.807, 2.05) is 18.2 Å². The van der Waals surface area contributed by atoms with Gasteiger partial charge in [-0.15, -0.1) is 0 Å². The second-order valence-electron chi connectivity index (χ2n) is 3.81. The van der Waals surface area contributed by atoms with E-state index in [4.69, 9.17) is 5.26 Å². The third-order valence-corrected chi connectivity index (χ3v) is 2.40. The number of hydrogen-bond donors (Lipinski definition) is 2. The van der Waals surface area contributed by atoms with E-state index in [1.54, 1.807) is 25.1 Å². The van der Waals surface area contributed by atoms with Gasteiger partial charge in [0.25, 0.3) is 0 Å². The van der Waals surface area contributed by atoms with E-state index in [1.165, 1.54) is 0 Å². The molecule has 0 atom stereocenters. The Bertz CT molecular complexity index is 604. The van der Waals surface area contributed by atoms with Crippen LogP contribution in [0.5, 0.6) is 5.75 Å². The molecule has 1 aromatic heterocycles. The number of nitrogens with one attached hydrogen (secondary N) is 1. The van der Waals surface area contributed by atoms with E-state index in [2.05, 4.69) is 15.3 Å². The lowest BCUT2D eigenvalue weighted by atomic mass is 10.2. The normalized spacial score (nSPS) is 9.78. The summed E-state index contributed by atoms with van der Waals surface area (Å²) in [5.74, 6) is 0.605. The number of hydrogen-bond acceptors (Lipinski definition) is 5. The maximum absolute atomic E-state index is 9.61. The summed E-state index contributed by atoms with van der Waals surface area (Å²) >= 11 is 0. The lowest BCUT2D eigenvalue weighted by Gasteiger charge is -2.07. The zero-order valence-corrected chi connectivity index (χ0v) is 9.88. The Balaban J connectivity index is 2.14. The van der Waals surface area contributed by atoms with Gasteiger partial charge in [0.2, 0.25) is 5.95 Å². The summed E-state index contributed by atoms with van der Waals surface area (Å²) in [7, 11) is 0. The smallest absolute Gasteiger partial charge is 0.224 e. The highest BCUT2D eigenvalue weighted by Gasteiger charge is 2.03. The first kappa shape index (κ1) is 11.9. The first-order valence-corrected chi connectivity index (χ1v) is 5.45. The van der Waals surface area contributed by atoms with Gasteiger partial charge in [-0.3, -0.25) is 0 Å². The number of nitrogens with zero attached hydrogens (tertiary/aromatic N) is 3. The molecule has 0 radical (unpaired) electrons. The van der Waals surface area contributed by atoms with Crippen LogP contribution in [0.3, 0.4) is 0 Å². The molecule has 2 aromatic rings. The Hall–Kier alpha value is -2.61.